The average Bonchev–Trinajstić information content (AvgIpc) is 3.05. The van der Waals surface area contributed by atoms with E-state index in [2.05, 4.69) is 26.3 Å². The number of H-pyrrole nitrogens is 1. The van der Waals surface area contributed by atoms with Crippen molar-refractivity contribution in [2.24, 2.45) is 0 Å². The molecular weight excluding hydrogens is 383 g/mol. The molecule has 3 aromatic rings. The Hall–Kier alpha value is -3.19. The molecule has 1 aliphatic carbocycles. The van der Waals surface area contributed by atoms with Crippen LogP contribution in [0.1, 0.15) is 30.5 Å². The van der Waals surface area contributed by atoms with Gasteiger partial charge in [-0.05, 0) is 54.7 Å². The Morgan fingerprint density at radius 2 is 2.23 bits per heavy atom. The number of carboxylic acids is 1. The van der Waals surface area contributed by atoms with Gasteiger partial charge in [-0.2, -0.15) is 0 Å². The summed E-state index contributed by atoms with van der Waals surface area (Å²) in [5, 5.41) is 13.0. The van der Waals surface area contributed by atoms with E-state index in [1.165, 1.54) is 17.2 Å². The maximum atomic E-state index is 14.1. The topological polar surface area (TPSA) is 81.3 Å². The maximum Gasteiger partial charge on any atom is 0.317 e. The number of nitrogens with zero attached hydrogens (tertiary/aromatic N) is 2. The lowest BCUT2D eigenvalue weighted by Crippen LogP contribution is -2.34. The van der Waals surface area contributed by atoms with Crippen molar-refractivity contribution in [3.8, 4) is 11.1 Å². The van der Waals surface area contributed by atoms with Crippen LogP contribution < -0.4 is 10.2 Å². The van der Waals surface area contributed by atoms with Gasteiger partial charge in [0, 0.05) is 53.7 Å². The van der Waals surface area contributed by atoms with E-state index in [0.29, 0.717) is 6.54 Å². The van der Waals surface area contributed by atoms with Gasteiger partial charge in [-0.25, -0.2) is 9.37 Å². The lowest BCUT2D eigenvalue weighted by molar-refractivity contribution is -0.136. The van der Waals surface area contributed by atoms with Gasteiger partial charge in [0.2, 0.25) is 0 Å². The van der Waals surface area contributed by atoms with E-state index in [0.717, 1.165) is 52.8 Å². The Morgan fingerprint density at radius 3 is 3.00 bits per heavy atom. The van der Waals surface area contributed by atoms with Crippen LogP contribution in [0.2, 0.25) is 0 Å². The minimum atomic E-state index is -0.835. The third-order valence-corrected chi connectivity index (χ3v) is 6.13. The van der Waals surface area contributed by atoms with Gasteiger partial charge in [0.05, 0.1) is 6.54 Å². The molecule has 3 N–H and O–H groups in total. The summed E-state index contributed by atoms with van der Waals surface area (Å²) in [6.45, 7) is 0.684. The number of benzene rings is 1. The number of anilines is 1. The monoisotopic (exact) mass is 406 g/mol. The second-order valence-electron chi connectivity index (χ2n) is 8.05. The van der Waals surface area contributed by atoms with Gasteiger partial charge in [-0.15, -0.1) is 0 Å². The third-order valence-electron chi connectivity index (χ3n) is 6.13. The Labute approximate surface area is 173 Å². The van der Waals surface area contributed by atoms with Gasteiger partial charge in [-0.3, -0.25) is 4.79 Å². The van der Waals surface area contributed by atoms with Gasteiger partial charge in [0.15, 0.2) is 0 Å². The molecule has 30 heavy (non-hydrogen) atoms. The van der Waals surface area contributed by atoms with E-state index >= 15 is 0 Å². The summed E-state index contributed by atoms with van der Waals surface area (Å²) in [6, 6.07) is 7.08. The number of aromatic nitrogens is 2. The average molecular weight is 406 g/mol. The standard InChI is InChI=1S/C23H23FN4O2/c1-28-12-18-21-16(17-10-14(24)4-7-19(17)28)8-9-25-23(21)27-22(18)13-2-5-15(6-3-13)26-11-20(29)30/h2,4,7-10,15,26H,3,5-6,11-12H2,1H3,(H,25,27)(H,29,30). The van der Waals surface area contributed by atoms with Gasteiger partial charge < -0.3 is 20.3 Å². The molecule has 1 aromatic carbocycles. The molecule has 0 saturated heterocycles. The largest absolute Gasteiger partial charge is 0.480 e. The predicted molar refractivity (Wildman–Crippen MR) is 115 cm³/mol. The molecule has 5 rings (SSSR count). The van der Waals surface area contributed by atoms with Crippen molar-refractivity contribution in [2.45, 2.75) is 31.8 Å². The van der Waals surface area contributed by atoms with Crippen LogP contribution in [-0.2, 0) is 11.3 Å². The van der Waals surface area contributed by atoms with Crippen molar-refractivity contribution < 1.29 is 14.3 Å². The molecule has 0 spiro atoms. The highest BCUT2D eigenvalue weighted by atomic mass is 19.1. The highest BCUT2D eigenvalue weighted by molar-refractivity contribution is 6.02. The maximum absolute atomic E-state index is 14.1. The highest BCUT2D eigenvalue weighted by Crippen LogP contribution is 2.43. The van der Waals surface area contributed by atoms with Crippen molar-refractivity contribution in [2.75, 3.05) is 18.5 Å². The predicted octanol–water partition coefficient (Wildman–Crippen LogP) is 3.93. The highest BCUT2D eigenvalue weighted by Gasteiger charge is 2.27. The quantitative estimate of drug-likeness (QED) is 0.612. The molecule has 1 unspecified atom stereocenters. The minimum Gasteiger partial charge on any atom is -0.480 e. The molecule has 0 radical (unpaired) electrons. The smallest absolute Gasteiger partial charge is 0.317 e. The van der Waals surface area contributed by atoms with Crippen LogP contribution in [0.4, 0.5) is 10.1 Å². The summed E-state index contributed by atoms with van der Waals surface area (Å²) >= 11 is 0. The number of hydrogen-bond donors (Lipinski definition) is 3. The number of nitrogens with one attached hydrogen (secondary N) is 2. The van der Waals surface area contributed by atoms with Crippen molar-refractivity contribution in [1.29, 1.82) is 0 Å². The Balaban J connectivity index is 1.57. The lowest BCUT2D eigenvalue weighted by Gasteiger charge is -2.24. The fourth-order valence-corrected chi connectivity index (χ4v) is 4.70. The van der Waals surface area contributed by atoms with Crippen LogP contribution in [0.3, 0.4) is 0 Å². The zero-order valence-corrected chi connectivity index (χ0v) is 16.7. The van der Waals surface area contributed by atoms with E-state index < -0.39 is 5.97 Å². The van der Waals surface area contributed by atoms with Crippen molar-refractivity contribution in [3.63, 3.8) is 0 Å². The second-order valence-corrected chi connectivity index (χ2v) is 8.05. The number of halogens is 1. The number of allylic oxidation sites excluding steroid dienone is 1. The lowest BCUT2D eigenvalue weighted by atomic mass is 9.91. The first-order valence-electron chi connectivity index (χ1n) is 10.2. The minimum absolute atomic E-state index is 0.0155. The molecule has 6 nitrogen and oxygen atoms in total. The fraction of sp³-hybridized carbons (Fsp3) is 0.304. The van der Waals surface area contributed by atoms with Crippen LogP contribution in [0.5, 0.6) is 0 Å². The summed E-state index contributed by atoms with van der Waals surface area (Å²) in [7, 11) is 2.03. The molecular formula is C23H23FN4O2. The summed E-state index contributed by atoms with van der Waals surface area (Å²) in [6.07, 6.45) is 6.50. The molecule has 0 saturated carbocycles. The third kappa shape index (κ3) is 3.15. The molecule has 3 heterocycles. The van der Waals surface area contributed by atoms with E-state index in [9.17, 15) is 9.18 Å². The first-order chi connectivity index (χ1) is 14.5. The van der Waals surface area contributed by atoms with Gasteiger partial charge in [0.1, 0.15) is 11.5 Å². The SMILES string of the molecule is CN1Cc2c(C3=CCC(NCC(=O)O)CC3)[nH]c3nccc(c23)-c2cc(F)ccc21. The summed E-state index contributed by atoms with van der Waals surface area (Å²) in [4.78, 5) is 21.0. The molecule has 0 fully saturated rings. The van der Waals surface area contributed by atoms with E-state index in [4.69, 9.17) is 5.11 Å². The van der Waals surface area contributed by atoms with Gasteiger partial charge in [0.25, 0.3) is 0 Å². The zero-order chi connectivity index (χ0) is 20.8. The number of aromatic amines is 1. The van der Waals surface area contributed by atoms with E-state index in [1.807, 2.05) is 19.2 Å². The van der Waals surface area contributed by atoms with Crippen molar-refractivity contribution >= 4 is 28.3 Å². The van der Waals surface area contributed by atoms with Crippen LogP contribution in [0.15, 0.2) is 36.5 Å². The normalized spacial score (nSPS) is 18.1. The van der Waals surface area contributed by atoms with Crippen LogP contribution in [0.25, 0.3) is 27.7 Å². The molecule has 1 aliphatic heterocycles. The van der Waals surface area contributed by atoms with Crippen molar-refractivity contribution in [1.82, 2.24) is 15.3 Å². The molecule has 0 bridgehead atoms. The Bertz CT molecular complexity index is 1180. The fourth-order valence-electron chi connectivity index (χ4n) is 4.70. The van der Waals surface area contributed by atoms with Crippen LogP contribution in [0, 0.1) is 5.82 Å². The number of carboxylic acid groups (broad SMARTS) is 1. The Kier molecular flexibility index (Phi) is 4.55. The molecule has 154 valence electrons. The number of fused-ring (bicyclic) bond motifs is 2. The van der Waals surface area contributed by atoms with Crippen molar-refractivity contribution in [3.05, 3.63) is 53.6 Å². The van der Waals surface area contributed by atoms with E-state index in [1.54, 1.807) is 12.3 Å². The number of aliphatic carboxylic acids is 1. The first kappa shape index (κ1) is 18.8. The Morgan fingerprint density at radius 1 is 1.37 bits per heavy atom. The van der Waals surface area contributed by atoms with Gasteiger partial charge in [-0.1, -0.05) is 6.08 Å². The second kappa shape index (κ2) is 7.25. The summed E-state index contributed by atoms with van der Waals surface area (Å²) < 4.78 is 14.1. The number of rotatable bonds is 4. The van der Waals surface area contributed by atoms with Crippen LogP contribution in [-0.4, -0.2) is 40.7 Å². The molecule has 0 amide bonds. The summed E-state index contributed by atoms with van der Waals surface area (Å²) in [5.74, 6) is -1.08. The molecule has 7 heteroatoms. The molecule has 2 aliphatic rings. The first-order valence-corrected chi connectivity index (χ1v) is 10.2. The summed E-state index contributed by atoms with van der Waals surface area (Å²) in [5.41, 5.74) is 7.18. The van der Waals surface area contributed by atoms with Gasteiger partial charge >= 0.3 is 5.97 Å². The number of pyridine rings is 1. The zero-order valence-electron chi connectivity index (χ0n) is 16.7. The molecule has 2 aromatic heterocycles. The van der Waals surface area contributed by atoms with E-state index in [-0.39, 0.29) is 18.4 Å². The molecule has 1 atom stereocenters. The number of carbonyl (C=O) groups is 1. The van der Waals surface area contributed by atoms with Crippen LogP contribution >= 0.6 is 0 Å². The number of hydrogen-bond acceptors (Lipinski definition) is 4.